The molecular formula is C19H18ClN3OS. The van der Waals surface area contributed by atoms with Crippen LogP contribution in [0.5, 0.6) is 0 Å². The number of para-hydroxylation sites is 1. The Balaban J connectivity index is 1.73. The molecule has 0 saturated heterocycles. The van der Waals surface area contributed by atoms with Crippen LogP contribution in [0.4, 0.5) is 0 Å². The number of amides is 1. The van der Waals surface area contributed by atoms with Crippen LogP contribution in [-0.2, 0) is 6.42 Å². The Morgan fingerprint density at radius 2 is 2.00 bits per heavy atom. The van der Waals surface area contributed by atoms with Crippen molar-refractivity contribution >= 4 is 29.3 Å². The second-order valence-corrected chi connectivity index (χ2v) is 6.65. The summed E-state index contributed by atoms with van der Waals surface area (Å²) in [5.41, 5.74) is 2.54. The number of hydrogen-bond donors (Lipinski definition) is 1. The van der Waals surface area contributed by atoms with Crippen molar-refractivity contribution in [3.8, 4) is 5.69 Å². The van der Waals surface area contributed by atoms with Crippen LogP contribution in [0.2, 0.25) is 5.02 Å². The van der Waals surface area contributed by atoms with Crippen LogP contribution in [-0.4, -0.2) is 28.3 Å². The van der Waals surface area contributed by atoms with Crippen LogP contribution in [0.25, 0.3) is 5.69 Å². The standard InChI is InChI=1S/C19H18ClN3OS/c1-25-19-22-13-17(23(19)16-8-3-2-4-9-16)18(24)21-11-10-14-6-5-7-15(20)12-14/h2-9,12-13H,10-11H2,1H3,(H,21,24). The summed E-state index contributed by atoms with van der Waals surface area (Å²) in [7, 11) is 0. The SMILES string of the molecule is CSc1ncc(C(=O)NCCc2cccc(Cl)c2)n1-c1ccccc1. The lowest BCUT2D eigenvalue weighted by atomic mass is 10.1. The molecule has 0 aliphatic rings. The van der Waals surface area contributed by atoms with Crippen molar-refractivity contribution in [1.82, 2.24) is 14.9 Å². The molecule has 3 rings (SSSR count). The van der Waals surface area contributed by atoms with E-state index < -0.39 is 0 Å². The molecule has 3 aromatic rings. The fraction of sp³-hybridized carbons (Fsp3) is 0.158. The Morgan fingerprint density at radius 3 is 2.72 bits per heavy atom. The van der Waals surface area contributed by atoms with Gasteiger partial charge in [0.05, 0.1) is 6.20 Å². The number of imidazole rings is 1. The third-order valence-electron chi connectivity index (χ3n) is 3.75. The van der Waals surface area contributed by atoms with E-state index in [4.69, 9.17) is 11.6 Å². The van der Waals surface area contributed by atoms with Crippen molar-refractivity contribution in [2.24, 2.45) is 0 Å². The highest BCUT2D eigenvalue weighted by Crippen LogP contribution is 2.21. The number of aromatic nitrogens is 2. The first-order chi connectivity index (χ1) is 12.2. The van der Waals surface area contributed by atoms with Crippen molar-refractivity contribution in [3.05, 3.63) is 77.1 Å². The Hall–Kier alpha value is -2.24. The molecule has 0 spiro atoms. The van der Waals surface area contributed by atoms with Crippen molar-refractivity contribution < 1.29 is 4.79 Å². The second-order valence-electron chi connectivity index (χ2n) is 5.44. The van der Waals surface area contributed by atoms with E-state index in [1.54, 1.807) is 6.20 Å². The van der Waals surface area contributed by atoms with Gasteiger partial charge in [0.25, 0.3) is 5.91 Å². The van der Waals surface area contributed by atoms with E-state index in [2.05, 4.69) is 10.3 Å². The van der Waals surface area contributed by atoms with Crippen LogP contribution in [0, 0.1) is 0 Å². The number of nitrogens with zero attached hydrogens (tertiary/aromatic N) is 2. The number of rotatable bonds is 6. The average Bonchev–Trinajstić information content (AvgIpc) is 3.06. The van der Waals surface area contributed by atoms with Gasteiger partial charge in [-0.05, 0) is 42.5 Å². The normalized spacial score (nSPS) is 10.6. The Bertz CT molecular complexity index is 864. The molecule has 0 fully saturated rings. The highest BCUT2D eigenvalue weighted by atomic mass is 35.5. The predicted molar refractivity (Wildman–Crippen MR) is 103 cm³/mol. The van der Waals surface area contributed by atoms with Gasteiger partial charge in [-0.1, -0.05) is 53.7 Å². The lowest BCUT2D eigenvalue weighted by molar-refractivity contribution is 0.0947. The van der Waals surface area contributed by atoms with Gasteiger partial charge in [0.2, 0.25) is 0 Å². The van der Waals surface area contributed by atoms with Crippen LogP contribution >= 0.6 is 23.4 Å². The number of carbonyl (C=O) groups is 1. The summed E-state index contributed by atoms with van der Waals surface area (Å²) in [6.45, 7) is 0.535. The van der Waals surface area contributed by atoms with Crippen LogP contribution in [0.3, 0.4) is 0 Å². The first kappa shape index (κ1) is 17.6. The molecule has 0 unspecified atom stereocenters. The molecule has 1 heterocycles. The summed E-state index contributed by atoms with van der Waals surface area (Å²) in [6.07, 6.45) is 4.29. The summed E-state index contributed by atoms with van der Waals surface area (Å²) in [4.78, 5) is 17.0. The summed E-state index contributed by atoms with van der Waals surface area (Å²) < 4.78 is 1.87. The fourth-order valence-electron chi connectivity index (χ4n) is 2.57. The minimum absolute atomic E-state index is 0.140. The molecule has 128 valence electrons. The number of carbonyl (C=O) groups excluding carboxylic acids is 1. The highest BCUT2D eigenvalue weighted by molar-refractivity contribution is 7.98. The molecular weight excluding hydrogens is 354 g/mol. The third-order valence-corrected chi connectivity index (χ3v) is 4.64. The van der Waals surface area contributed by atoms with E-state index in [-0.39, 0.29) is 5.91 Å². The van der Waals surface area contributed by atoms with E-state index in [0.717, 1.165) is 22.8 Å². The smallest absolute Gasteiger partial charge is 0.269 e. The molecule has 0 atom stereocenters. The van der Waals surface area contributed by atoms with Gasteiger partial charge < -0.3 is 5.32 Å². The number of thioether (sulfide) groups is 1. The van der Waals surface area contributed by atoms with Gasteiger partial charge in [-0.25, -0.2) is 4.98 Å². The first-order valence-electron chi connectivity index (χ1n) is 7.89. The molecule has 1 N–H and O–H groups in total. The van der Waals surface area contributed by atoms with Crippen molar-refractivity contribution in [2.45, 2.75) is 11.6 Å². The highest BCUT2D eigenvalue weighted by Gasteiger charge is 2.17. The molecule has 2 aromatic carbocycles. The van der Waals surface area contributed by atoms with Gasteiger partial charge in [0.1, 0.15) is 5.69 Å². The topological polar surface area (TPSA) is 46.9 Å². The van der Waals surface area contributed by atoms with Gasteiger partial charge in [0, 0.05) is 17.3 Å². The van der Waals surface area contributed by atoms with E-state index >= 15 is 0 Å². The number of hydrogen-bond acceptors (Lipinski definition) is 3. The maximum atomic E-state index is 12.6. The van der Waals surface area contributed by atoms with Crippen molar-refractivity contribution in [3.63, 3.8) is 0 Å². The van der Waals surface area contributed by atoms with E-state index in [9.17, 15) is 4.79 Å². The maximum absolute atomic E-state index is 12.6. The molecule has 0 bridgehead atoms. The maximum Gasteiger partial charge on any atom is 0.269 e. The monoisotopic (exact) mass is 371 g/mol. The van der Waals surface area contributed by atoms with Crippen molar-refractivity contribution in [1.29, 1.82) is 0 Å². The van der Waals surface area contributed by atoms with E-state index in [1.165, 1.54) is 11.8 Å². The molecule has 0 aliphatic carbocycles. The van der Waals surface area contributed by atoms with Crippen LogP contribution in [0.1, 0.15) is 16.1 Å². The van der Waals surface area contributed by atoms with Gasteiger partial charge in [-0.3, -0.25) is 9.36 Å². The zero-order valence-electron chi connectivity index (χ0n) is 13.8. The Kier molecular flexibility index (Phi) is 5.79. The fourth-order valence-corrected chi connectivity index (χ4v) is 3.33. The van der Waals surface area contributed by atoms with Gasteiger partial charge in [-0.2, -0.15) is 0 Å². The summed E-state index contributed by atoms with van der Waals surface area (Å²) >= 11 is 7.50. The predicted octanol–water partition coefficient (Wildman–Crippen LogP) is 4.22. The number of benzene rings is 2. The second kappa shape index (κ2) is 8.23. The van der Waals surface area contributed by atoms with E-state index in [0.29, 0.717) is 17.3 Å². The van der Waals surface area contributed by atoms with Gasteiger partial charge in [0.15, 0.2) is 5.16 Å². The number of nitrogens with one attached hydrogen (secondary N) is 1. The minimum atomic E-state index is -0.140. The summed E-state index contributed by atoms with van der Waals surface area (Å²) in [6, 6.07) is 17.4. The molecule has 4 nitrogen and oxygen atoms in total. The minimum Gasteiger partial charge on any atom is -0.350 e. The van der Waals surface area contributed by atoms with Crippen LogP contribution < -0.4 is 5.32 Å². The number of halogens is 1. The van der Waals surface area contributed by atoms with Crippen molar-refractivity contribution in [2.75, 3.05) is 12.8 Å². The lowest BCUT2D eigenvalue weighted by Gasteiger charge is -2.11. The quantitative estimate of drug-likeness (QED) is 0.660. The van der Waals surface area contributed by atoms with Gasteiger partial charge in [-0.15, -0.1) is 0 Å². The van der Waals surface area contributed by atoms with E-state index in [1.807, 2.05) is 65.4 Å². The zero-order chi connectivity index (χ0) is 17.6. The molecule has 0 radical (unpaired) electrons. The molecule has 1 amide bonds. The average molecular weight is 372 g/mol. The third kappa shape index (κ3) is 4.24. The summed E-state index contributed by atoms with van der Waals surface area (Å²) in [5.74, 6) is -0.140. The molecule has 0 saturated carbocycles. The molecule has 6 heteroatoms. The molecule has 25 heavy (non-hydrogen) atoms. The van der Waals surface area contributed by atoms with Crippen LogP contribution in [0.15, 0.2) is 66.0 Å². The lowest BCUT2D eigenvalue weighted by Crippen LogP contribution is -2.27. The largest absolute Gasteiger partial charge is 0.350 e. The first-order valence-corrected chi connectivity index (χ1v) is 9.49. The van der Waals surface area contributed by atoms with Gasteiger partial charge >= 0.3 is 0 Å². The zero-order valence-corrected chi connectivity index (χ0v) is 15.3. The molecule has 1 aromatic heterocycles. The summed E-state index contributed by atoms with van der Waals surface area (Å²) in [5, 5.41) is 4.45. The molecule has 0 aliphatic heterocycles. The Morgan fingerprint density at radius 1 is 1.20 bits per heavy atom. The Labute approximate surface area is 156 Å².